The minimum atomic E-state index is -4.52. The van der Waals surface area contributed by atoms with Crippen molar-refractivity contribution in [1.82, 2.24) is 0 Å². The van der Waals surface area contributed by atoms with E-state index in [2.05, 4.69) is 4.99 Å². The van der Waals surface area contributed by atoms with Gasteiger partial charge < -0.3 is 0 Å². The molecule has 15 heavy (non-hydrogen) atoms. The Balaban J connectivity index is 2.73. The molecule has 1 aromatic rings. The molecule has 1 aromatic carbocycles. The van der Waals surface area contributed by atoms with Gasteiger partial charge in [0, 0.05) is 0 Å². The molecule has 0 amide bonds. The fourth-order valence-corrected chi connectivity index (χ4v) is 9.37. The van der Waals surface area contributed by atoms with E-state index in [4.69, 9.17) is 30.0 Å². The van der Waals surface area contributed by atoms with Crippen LogP contribution in [0.25, 0.3) is 0 Å². The van der Waals surface area contributed by atoms with Crippen LogP contribution in [-0.2, 0) is 3.10 Å². The van der Waals surface area contributed by atoms with Crippen molar-refractivity contribution in [2.24, 2.45) is 4.99 Å². The first-order valence-corrected chi connectivity index (χ1v) is 15.2. The van der Waals surface area contributed by atoms with Crippen molar-refractivity contribution < 1.29 is 3.10 Å². The van der Waals surface area contributed by atoms with Gasteiger partial charge in [0.2, 0.25) is 0 Å². The first kappa shape index (κ1) is 11.8. The standard InChI is InChI=1S/C9H9Cl3NOTe/c1-6-3-4-9-8(5-6)13-7(2)14-15(9,10,11)12/h3-5H,1-2H3. The van der Waals surface area contributed by atoms with Crippen LogP contribution >= 0.6 is 26.9 Å². The third-order valence-electron chi connectivity index (χ3n) is 1.99. The number of hydrogen-bond donors (Lipinski definition) is 0. The van der Waals surface area contributed by atoms with Crippen LogP contribution in [0.1, 0.15) is 12.5 Å². The van der Waals surface area contributed by atoms with Crippen LogP contribution < -0.4 is 3.61 Å². The summed E-state index contributed by atoms with van der Waals surface area (Å²) in [6, 6.07) is 5.60. The first-order chi connectivity index (χ1) is 6.76. The second kappa shape index (κ2) is 3.42. The molecule has 0 aliphatic carbocycles. The van der Waals surface area contributed by atoms with Crippen LogP contribution in [0.5, 0.6) is 0 Å². The molecule has 1 aliphatic rings. The predicted octanol–water partition coefficient (Wildman–Crippen LogP) is 3.39. The van der Waals surface area contributed by atoms with Gasteiger partial charge in [0.25, 0.3) is 0 Å². The van der Waals surface area contributed by atoms with E-state index >= 15 is 0 Å². The summed E-state index contributed by atoms with van der Waals surface area (Å²) in [4.78, 5) is 4.24. The molecule has 1 radical (unpaired) electrons. The zero-order chi connectivity index (χ0) is 11.3. The van der Waals surface area contributed by atoms with Gasteiger partial charge in [-0.3, -0.25) is 0 Å². The Morgan fingerprint density at radius 1 is 1.20 bits per heavy atom. The molecule has 0 saturated carbocycles. The molecule has 0 aromatic heterocycles. The van der Waals surface area contributed by atoms with E-state index in [1.165, 1.54) is 0 Å². The van der Waals surface area contributed by atoms with E-state index in [1.54, 1.807) is 13.0 Å². The molecule has 83 valence electrons. The van der Waals surface area contributed by atoms with Crippen LogP contribution in [0, 0.1) is 6.92 Å². The summed E-state index contributed by atoms with van der Waals surface area (Å²) in [6.45, 7) is 3.67. The van der Waals surface area contributed by atoms with Crippen LogP contribution in [0.2, 0.25) is 0 Å². The van der Waals surface area contributed by atoms with Crippen LogP contribution in [-0.4, -0.2) is 19.8 Å². The molecule has 2 nitrogen and oxygen atoms in total. The summed E-state index contributed by atoms with van der Waals surface area (Å²) in [5.74, 6) is 0.422. The van der Waals surface area contributed by atoms with E-state index < -0.39 is 13.9 Å². The zero-order valence-corrected chi connectivity index (χ0v) is 12.7. The molecular weight excluding hydrogens is 372 g/mol. The van der Waals surface area contributed by atoms with E-state index in [0.29, 0.717) is 9.51 Å². The summed E-state index contributed by atoms with van der Waals surface area (Å²) < 4.78 is 6.00. The molecule has 1 aliphatic heterocycles. The van der Waals surface area contributed by atoms with E-state index in [-0.39, 0.29) is 0 Å². The van der Waals surface area contributed by atoms with Gasteiger partial charge in [-0.1, -0.05) is 0 Å². The Morgan fingerprint density at radius 3 is 2.53 bits per heavy atom. The van der Waals surface area contributed by atoms with Gasteiger partial charge in [-0.15, -0.1) is 0 Å². The quantitative estimate of drug-likeness (QED) is 0.632. The van der Waals surface area contributed by atoms with Gasteiger partial charge in [0.05, 0.1) is 0 Å². The molecule has 0 spiro atoms. The van der Waals surface area contributed by atoms with Crippen molar-refractivity contribution in [3.8, 4) is 0 Å². The number of aliphatic imine (C=N–C) groups is 1. The summed E-state index contributed by atoms with van der Waals surface area (Å²) in [5, 5.41) is 0. The third kappa shape index (κ3) is 2.23. The fraction of sp³-hybridized carbons (Fsp3) is 0.222. The number of hydrogen-bond acceptors (Lipinski definition) is 2. The second-order valence-electron chi connectivity index (χ2n) is 3.36. The number of rotatable bonds is 0. The molecule has 0 fully saturated rings. The Hall–Kier alpha value is 0.350. The minimum absolute atomic E-state index is 0.422. The molecule has 0 bridgehead atoms. The van der Waals surface area contributed by atoms with Crippen molar-refractivity contribution >= 4 is 55.9 Å². The molecule has 0 atom stereocenters. The van der Waals surface area contributed by atoms with Crippen LogP contribution in [0.15, 0.2) is 23.2 Å². The Morgan fingerprint density at radius 2 is 1.87 bits per heavy atom. The predicted molar refractivity (Wildman–Crippen MR) is 68.0 cm³/mol. The van der Waals surface area contributed by atoms with Gasteiger partial charge in [-0.25, -0.2) is 0 Å². The van der Waals surface area contributed by atoms with Crippen LogP contribution in [0.3, 0.4) is 0 Å². The fourth-order valence-electron chi connectivity index (χ4n) is 1.41. The summed E-state index contributed by atoms with van der Waals surface area (Å²) in [6.07, 6.45) is 0. The summed E-state index contributed by atoms with van der Waals surface area (Å²) in [7, 11) is 18.7. The Labute approximate surface area is 101 Å². The Bertz CT molecular complexity index is 464. The van der Waals surface area contributed by atoms with E-state index in [0.717, 1.165) is 11.3 Å². The third-order valence-corrected chi connectivity index (χ3v) is 11.0. The average Bonchev–Trinajstić information content (AvgIpc) is 1.98. The SMILES string of the molecule is CC1=Nc2cc(C)ccc2[Te](Cl)(Cl)(Cl)O1. The molecule has 6 heteroatoms. The monoisotopic (exact) mass is 382 g/mol. The van der Waals surface area contributed by atoms with Crippen molar-refractivity contribution in [2.75, 3.05) is 0 Å². The molecule has 0 unspecified atom stereocenters. The number of aryl methyl sites for hydroxylation is 1. The second-order valence-corrected chi connectivity index (χ2v) is 24.0. The van der Waals surface area contributed by atoms with Gasteiger partial charge in [0.1, 0.15) is 0 Å². The summed E-state index contributed by atoms with van der Waals surface area (Å²) >= 11 is -4.52. The van der Waals surface area contributed by atoms with Gasteiger partial charge in [0.15, 0.2) is 0 Å². The van der Waals surface area contributed by atoms with Gasteiger partial charge >= 0.3 is 102 Å². The van der Waals surface area contributed by atoms with E-state index in [9.17, 15) is 0 Å². The number of halogens is 3. The van der Waals surface area contributed by atoms with Crippen molar-refractivity contribution in [3.05, 3.63) is 23.8 Å². The average molecular weight is 381 g/mol. The summed E-state index contributed by atoms with van der Waals surface area (Å²) in [5.41, 5.74) is 1.80. The van der Waals surface area contributed by atoms with Crippen molar-refractivity contribution in [1.29, 1.82) is 0 Å². The topological polar surface area (TPSA) is 21.6 Å². The van der Waals surface area contributed by atoms with Crippen molar-refractivity contribution in [3.63, 3.8) is 0 Å². The normalized spacial score (nSPS) is 24.1. The maximum absolute atomic E-state index is 6.23. The molecule has 0 saturated heterocycles. The maximum atomic E-state index is 6.23. The Kier molecular flexibility index (Phi) is 2.69. The van der Waals surface area contributed by atoms with Gasteiger partial charge in [-0.2, -0.15) is 0 Å². The van der Waals surface area contributed by atoms with Crippen molar-refractivity contribution in [2.45, 2.75) is 13.8 Å². The molecule has 1 heterocycles. The van der Waals surface area contributed by atoms with Gasteiger partial charge in [-0.05, 0) is 0 Å². The number of fused-ring (bicyclic) bond motifs is 1. The molecule has 0 N–H and O–H groups in total. The van der Waals surface area contributed by atoms with E-state index in [1.807, 2.05) is 19.1 Å². The molecule has 2 rings (SSSR count). The first-order valence-electron chi connectivity index (χ1n) is 4.22. The number of nitrogens with zero attached hydrogens (tertiary/aromatic N) is 1. The zero-order valence-electron chi connectivity index (χ0n) is 8.13. The number of benzene rings is 1. The molecular formula is C9H9Cl3NOTe. The van der Waals surface area contributed by atoms with Crippen LogP contribution in [0.4, 0.5) is 5.69 Å².